The fraction of sp³-hybridized carbons (Fsp3) is 0.500. The summed E-state index contributed by atoms with van der Waals surface area (Å²) >= 11 is 6.11. The topological polar surface area (TPSA) is 69.6 Å². The molecular weight excluding hydrogens is 304 g/mol. The number of halogens is 1. The third kappa shape index (κ3) is 4.45. The minimum atomic E-state index is -0.347. The molecule has 1 rings (SSSR count). The van der Waals surface area contributed by atoms with Crippen molar-refractivity contribution in [2.24, 2.45) is 5.41 Å². The first-order valence-electron chi connectivity index (χ1n) is 7.03. The molecule has 0 aliphatic carbocycles. The van der Waals surface area contributed by atoms with Crippen molar-refractivity contribution >= 4 is 29.1 Å². The van der Waals surface area contributed by atoms with E-state index >= 15 is 0 Å². The summed E-state index contributed by atoms with van der Waals surface area (Å²) in [6, 6.07) is 4.40. The minimum absolute atomic E-state index is 0.144. The van der Waals surface area contributed by atoms with Gasteiger partial charge in [0.15, 0.2) is 0 Å². The van der Waals surface area contributed by atoms with Gasteiger partial charge in [-0.1, -0.05) is 32.4 Å². The van der Waals surface area contributed by atoms with Crippen LogP contribution in [0.5, 0.6) is 0 Å². The normalized spacial score (nSPS) is 12.7. The first-order valence-corrected chi connectivity index (χ1v) is 7.41. The van der Waals surface area contributed by atoms with Crippen LogP contribution in [0, 0.1) is 5.41 Å². The third-order valence-electron chi connectivity index (χ3n) is 3.48. The largest absolute Gasteiger partial charge is 0.394 e. The Bertz CT molecular complexity index is 567. The molecule has 0 aliphatic heterocycles. The number of aliphatic hydroxyl groups excluding tert-OH is 1. The number of hydrogen-bond donors (Lipinski definition) is 2. The number of amides is 2. The van der Waals surface area contributed by atoms with Crippen molar-refractivity contribution in [1.82, 2.24) is 4.90 Å². The van der Waals surface area contributed by atoms with E-state index in [4.69, 9.17) is 11.6 Å². The summed E-state index contributed by atoms with van der Waals surface area (Å²) in [6.45, 7) is 7.10. The average Bonchev–Trinajstić information content (AvgIpc) is 2.38. The molecule has 0 aromatic heterocycles. The van der Waals surface area contributed by atoms with Crippen LogP contribution in [-0.2, 0) is 4.79 Å². The Balaban J connectivity index is 3.13. The zero-order valence-corrected chi connectivity index (χ0v) is 14.4. The van der Waals surface area contributed by atoms with Crippen LogP contribution < -0.4 is 5.32 Å². The maximum Gasteiger partial charge on any atom is 0.255 e. The Morgan fingerprint density at radius 1 is 1.36 bits per heavy atom. The smallest absolute Gasteiger partial charge is 0.255 e. The Kier molecular flexibility index (Phi) is 5.97. The maximum absolute atomic E-state index is 12.7. The SMILES string of the molecule is CC(=O)Nc1ccc(Cl)c(C(=O)N(C)C(CO)C(C)(C)C)c1. The Hall–Kier alpha value is -1.59. The zero-order chi connectivity index (χ0) is 17.1. The first kappa shape index (κ1) is 18.5. The van der Waals surface area contributed by atoms with E-state index in [1.54, 1.807) is 25.2 Å². The molecule has 0 saturated carbocycles. The number of likely N-dealkylation sites (N-methyl/N-ethyl adjacent to an activating group) is 1. The van der Waals surface area contributed by atoms with Gasteiger partial charge in [-0.25, -0.2) is 0 Å². The zero-order valence-electron chi connectivity index (χ0n) is 13.6. The number of nitrogens with one attached hydrogen (secondary N) is 1. The Labute approximate surface area is 136 Å². The van der Waals surface area contributed by atoms with Gasteiger partial charge in [-0.05, 0) is 23.6 Å². The van der Waals surface area contributed by atoms with Crippen LogP contribution in [0.15, 0.2) is 18.2 Å². The van der Waals surface area contributed by atoms with Gasteiger partial charge >= 0.3 is 0 Å². The summed E-state index contributed by atoms with van der Waals surface area (Å²) in [5.41, 5.74) is 0.518. The quantitative estimate of drug-likeness (QED) is 0.894. The molecule has 0 spiro atoms. The number of carbonyl (C=O) groups is 2. The molecule has 0 radical (unpaired) electrons. The van der Waals surface area contributed by atoms with E-state index in [-0.39, 0.29) is 35.4 Å². The van der Waals surface area contributed by atoms with Gasteiger partial charge < -0.3 is 15.3 Å². The molecule has 0 heterocycles. The summed E-state index contributed by atoms with van der Waals surface area (Å²) in [4.78, 5) is 25.3. The van der Waals surface area contributed by atoms with E-state index in [0.717, 1.165) is 0 Å². The second kappa shape index (κ2) is 7.11. The lowest BCUT2D eigenvalue weighted by molar-refractivity contribution is -0.114. The number of carbonyl (C=O) groups excluding carboxylic acids is 2. The lowest BCUT2D eigenvalue weighted by atomic mass is 9.86. The van der Waals surface area contributed by atoms with Gasteiger partial charge in [-0.15, -0.1) is 0 Å². The van der Waals surface area contributed by atoms with Gasteiger partial charge in [0.05, 0.1) is 23.2 Å². The van der Waals surface area contributed by atoms with Crippen molar-refractivity contribution in [3.8, 4) is 0 Å². The molecule has 1 unspecified atom stereocenters. The van der Waals surface area contributed by atoms with Gasteiger partial charge in [-0.3, -0.25) is 9.59 Å². The van der Waals surface area contributed by atoms with Crippen molar-refractivity contribution in [2.45, 2.75) is 33.7 Å². The van der Waals surface area contributed by atoms with E-state index < -0.39 is 0 Å². The molecule has 1 aromatic rings. The van der Waals surface area contributed by atoms with Gasteiger partial charge in [-0.2, -0.15) is 0 Å². The molecule has 0 bridgehead atoms. The van der Waals surface area contributed by atoms with Crippen molar-refractivity contribution in [3.63, 3.8) is 0 Å². The highest BCUT2D eigenvalue weighted by Crippen LogP contribution is 2.27. The molecule has 6 heteroatoms. The van der Waals surface area contributed by atoms with Crippen LogP contribution in [0.4, 0.5) is 5.69 Å². The molecule has 2 N–H and O–H groups in total. The molecule has 0 saturated heterocycles. The van der Waals surface area contributed by atoms with Crippen molar-refractivity contribution in [1.29, 1.82) is 0 Å². The number of anilines is 1. The molecule has 1 atom stereocenters. The molecule has 2 amide bonds. The molecule has 122 valence electrons. The second-order valence-electron chi connectivity index (χ2n) is 6.36. The van der Waals surface area contributed by atoms with Gasteiger partial charge in [0.25, 0.3) is 5.91 Å². The predicted octanol–water partition coefficient (Wildman–Crippen LogP) is 2.78. The maximum atomic E-state index is 12.7. The Morgan fingerprint density at radius 2 is 1.95 bits per heavy atom. The van der Waals surface area contributed by atoms with Crippen molar-refractivity contribution in [3.05, 3.63) is 28.8 Å². The van der Waals surface area contributed by atoms with Crippen molar-refractivity contribution < 1.29 is 14.7 Å². The monoisotopic (exact) mass is 326 g/mol. The summed E-state index contributed by atoms with van der Waals surface area (Å²) in [6.07, 6.45) is 0. The predicted molar refractivity (Wildman–Crippen MR) is 88.2 cm³/mol. The number of aliphatic hydroxyl groups is 1. The van der Waals surface area contributed by atoms with Crippen LogP contribution in [-0.4, -0.2) is 41.5 Å². The van der Waals surface area contributed by atoms with Crippen LogP contribution >= 0.6 is 11.6 Å². The van der Waals surface area contributed by atoms with E-state index in [0.29, 0.717) is 10.7 Å². The van der Waals surface area contributed by atoms with E-state index in [1.807, 2.05) is 20.8 Å². The van der Waals surface area contributed by atoms with Crippen LogP contribution in [0.2, 0.25) is 5.02 Å². The van der Waals surface area contributed by atoms with Gasteiger partial charge in [0.1, 0.15) is 0 Å². The molecule has 5 nitrogen and oxygen atoms in total. The van der Waals surface area contributed by atoms with E-state index in [2.05, 4.69) is 5.32 Å². The van der Waals surface area contributed by atoms with Crippen LogP contribution in [0.3, 0.4) is 0 Å². The number of hydrogen-bond acceptors (Lipinski definition) is 3. The Morgan fingerprint density at radius 3 is 2.41 bits per heavy atom. The van der Waals surface area contributed by atoms with E-state index in [9.17, 15) is 14.7 Å². The van der Waals surface area contributed by atoms with Gasteiger partial charge in [0.2, 0.25) is 5.91 Å². The molecule has 22 heavy (non-hydrogen) atoms. The highest BCUT2D eigenvalue weighted by Gasteiger charge is 2.31. The number of benzene rings is 1. The van der Waals surface area contributed by atoms with E-state index in [1.165, 1.54) is 11.8 Å². The highest BCUT2D eigenvalue weighted by atomic mass is 35.5. The van der Waals surface area contributed by atoms with Gasteiger partial charge in [0, 0.05) is 19.7 Å². The third-order valence-corrected chi connectivity index (χ3v) is 3.81. The fourth-order valence-corrected chi connectivity index (χ4v) is 2.48. The van der Waals surface area contributed by atoms with Crippen LogP contribution in [0.1, 0.15) is 38.1 Å². The lowest BCUT2D eigenvalue weighted by Gasteiger charge is -2.37. The first-order chi connectivity index (χ1) is 10.1. The minimum Gasteiger partial charge on any atom is -0.394 e. The summed E-state index contributed by atoms with van der Waals surface area (Å²) in [5.74, 6) is -0.525. The standard InChI is InChI=1S/C16H23ClN2O3/c1-10(21)18-11-6-7-13(17)12(8-11)15(22)19(5)14(9-20)16(2,3)4/h6-8,14,20H,9H2,1-5H3,(H,18,21). The molecular formula is C16H23ClN2O3. The average molecular weight is 327 g/mol. The number of nitrogens with zero attached hydrogens (tertiary/aromatic N) is 1. The molecule has 0 fully saturated rings. The second-order valence-corrected chi connectivity index (χ2v) is 6.76. The summed E-state index contributed by atoms with van der Waals surface area (Å²) < 4.78 is 0. The lowest BCUT2D eigenvalue weighted by Crippen LogP contribution is -2.47. The number of rotatable bonds is 4. The molecule has 1 aromatic carbocycles. The molecule has 0 aliphatic rings. The van der Waals surface area contributed by atoms with Crippen LogP contribution in [0.25, 0.3) is 0 Å². The summed E-state index contributed by atoms with van der Waals surface area (Å²) in [7, 11) is 1.63. The fourth-order valence-electron chi connectivity index (χ4n) is 2.28. The highest BCUT2D eigenvalue weighted by molar-refractivity contribution is 6.34. The van der Waals surface area contributed by atoms with Crippen molar-refractivity contribution in [2.75, 3.05) is 19.0 Å². The summed E-state index contributed by atoms with van der Waals surface area (Å²) in [5, 5.41) is 12.5.